The molecule has 0 bridgehead atoms. The molecule has 8 nitrogen and oxygen atoms in total. The first-order valence-electron chi connectivity index (χ1n) is 11.1. The van der Waals surface area contributed by atoms with Gasteiger partial charge in [-0.2, -0.15) is 0 Å². The molecule has 1 N–H and O–H groups in total. The Hall–Kier alpha value is -3.14. The fourth-order valence-electron chi connectivity index (χ4n) is 3.87. The summed E-state index contributed by atoms with van der Waals surface area (Å²) < 4.78 is 38.8. The fourth-order valence-corrected chi connectivity index (χ4v) is 5.43. The molecule has 0 aliphatic carbocycles. The van der Waals surface area contributed by atoms with Crippen LogP contribution in [0.5, 0.6) is 11.5 Å². The summed E-state index contributed by atoms with van der Waals surface area (Å²) in [4.78, 5) is 16.6. The third-order valence-electron chi connectivity index (χ3n) is 5.67. The second-order valence-corrected chi connectivity index (χ2v) is 10.6. The summed E-state index contributed by atoms with van der Waals surface area (Å²) in [6, 6.07) is 18.1. The van der Waals surface area contributed by atoms with Gasteiger partial charge in [0, 0.05) is 36.2 Å². The maximum atomic E-state index is 12.7. The number of anilines is 2. The average Bonchev–Trinajstić information content (AvgIpc) is 2.86. The number of para-hydroxylation sites is 2. The van der Waals surface area contributed by atoms with E-state index in [0.29, 0.717) is 42.0 Å². The molecular formula is C25H25Cl2N3O5S. The summed E-state index contributed by atoms with van der Waals surface area (Å²) in [5, 5.41) is 0.629. The number of rotatable bonds is 8. The second-order valence-electron chi connectivity index (χ2n) is 8.06. The molecule has 11 heteroatoms. The number of halogens is 2. The number of hydrogen-bond acceptors (Lipinski definition) is 6. The van der Waals surface area contributed by atoms with Gasteiger partial charge in [0.05, 0.1) is 23.4 Å². The first kappa shape index (κ1) is 25.9. The monoisotopic (exact) mass is 549 g/mol. The highest BCUT2D eigenvalue weighted by atomic mass is 35.5. The lowest BCUT2D eigenvalue weighted by Crippen LogP contribution is -2.50. The summed E-state index contributed by atoms with van der Waals surface area (Å²) >= 11 is 11.9. The lowest BCUT2D eigenvalue weighted by atomic mass is 10.2. The van der Waals surface area contributed by atoms with Gasteiger partial charge >= 0.3 is 0 Å². The van der Waals surface area contributed by atoms with Crippen molar-refractivity contribution in [1.82, 2.24) is 4.90 Å². The van der Waals surface area contributed by atoms with Gasteiger partial charge in [-0.25, -0.2) is 8.42 Å². The Morgan fingerprint density at radius 2 is 1.58 bits per heavy atom. The topological polar surface area (TPSA) is 88.2 Å². The van der Waals surface area contributed by atoms with Crippen molar-refractivity contribution >= 4 is 50.5 Å². The van der Waals surface area contributed by atoms with Gasteiger partial charge in [0.2, 0.25) is 0 Å². The smallest absolute Gasteiger partial charge is 0.261 e. The van der Waals surface area contributed by atoms with E-state index in [0.717, 1.165) is 11.4 Å². The van der Waals surface area contributed by atoms with Crippen LogP contribution in [0.1, 0.15) is 0 Å². The summed E-state index contributed by atoms with van der Waals surface area (Å²) in [5.74, 6) is 1.06. The number of sulfonamides is 1. The SMILES string of the molecule is COc1ccccc1N1CCN(C(=O)COc2ccc(S(=O)(=O)Nc3cc(Cl)cc(Cl)c3)cc2)CC1. The first-order valence-corrected chi connectivity index (χ1v) is 13.4. The largest absolute Gasteiger partial charge is 0.495 e. The van der Waals surface area contributed by atoms with Gasteiger partial charge in [-0.3, -0.25) is 9.52 Å². The van der Waals surface area contributed by atoms with E-state index in [4.69, 9.17) is 32.7 Å². The van der Waals surface area contributed by atoms with E-state index in [1.54, 1.807) is 12.0 Å². The van der Waals surface area contributed by atoms with Crippen LogP contribution >= 0.6 is 23.2 Å². The molecule has 0 radical (unpaired) electrons. The molecule has 190 valence electrons. The minimum atomic E-state index is -3.86. The van der Waals surface area contributed by atoms with Gasteiger partial charge in [-0.05, 0) is 54.6 Å². The minimum absolute atomic E-state index is 0.0322. The van der Waals surface area contributed by atoms with Gasteiger partial charge in [-0.1, -0.05) is 35.3 Å². The van der Waals surface area contributed by atoms with Crippen LogP contribution in [0.2, 0.25) is 10.0 Å². The Labute approximate surface area is 220 Å². The van der Waals surface area contributed by atoms with Gasteiger partial charge in [0.25, 0.3) is 15.9 Å². The molecule has 1 saturated heterocycles. The van der Waals surface area contributed by atoms with Crippen molar-refractivity contribution in [3.63, 3.8) is 0 Å². The summed E-state index contributed by atoms with van der Waals surface area (Å²) in [5.41, 5.74) is 1.26. The number of methoxy groups -OCH3 is 1. The van der Waals surface area contributed by atoms with Crippen LogP contribution in [0.3, 0.4) is 0 Å². The number of amides is 1. The van der Waals surface area contributed by atoms with E-state index >= 15 is 0 Å². The molecule has 3 aromatic carbocycles. The number of hydrogen-bond donors (Lipinski definition) is 1. The lowest BCUT2D eigenvalue weighted by molar-refractivity contribution is -0.133. The third kappa shape index (κ3) is 6.34. The van der Waals surface area contributed by atoms with Crippen molar-refractivity contribution < 1.29 is 22.7 Å². The molecule has 1 amide bonds. The number of piperazine rings is 1. The van der Waals surface area contributed by atoms with E-state index in [1.807, 2.05) is 24.3 Å². The lowest BCUT2D eigenvalue weighted by Gasteiger charge is -2.36. The Kier molecular flexibility index (Phi) is 8.13. The number of nitrogens with zero attached hydrogens (tertiary/aromatic N) is 2. The molecule has 0 aromatic heterocycles. The maximum absolute atomic E-state index is 12.7. The normalized spacial score (nSPS) is 13.9. The van der Waals surface area contributed by atoms with Crippen molar-refractivity contribution in [1.29, 1.82) is 0 Å². The molecule has 0 unspecified atom stereocenters. The first-order chi connectivity index (χ1) is 17.2. The number of benzene rings is 3. The highest BCUT2D eigenvalue weighted by Crippen LogP contribution is 2.28. The Morgan fingerprint density at radius 1 is 0.944 bits per heavy atom. The van der Waals surface area contributed by atoms with Crippen LogP contribution in [0.25, 0.3) is 0 Å². The van der Waals surface area contributed by atoms with E-state index in [-0.39, 0.29) is 23.1 Å². The quantitative estimate of drug-likeness (QED) is 0.444. The van der Waals surface area contributed by atoms with Crippen LogP contribution in [-0.4, -0.2) is 59.1 Å². The van der Waals surface area contributed by atoms with Crippen LogP contribution in [0.15, 0.2) is 71.6 Å². The molecule has 3 aromatic rings. The number of carbonyl (C=O) groups is 1. The van der Waals surface area contributed by atoms with E-state index in [9.17, 15) is 13.2 Å². The molecule has 1 heterocycles. The molecule has 36 heavy (non-hydrogen) atoms. The van der Waals surface area contributed by atoms with E-state index in [2.05, 4.69) is 9.62 Å². The molecule has 1 aliphatic rings. The minimum Gasteiger partial charge on any atom is -0.495 e. The Bertz CT molecular complexity index is 1310. The van der Waals surface area contributed by atoms with Gasteiger partial charge < -0.3 is 19.3 Å². The predicted molar refractivity (Wildman–Crippen MR) is 141 cm³/mol. The highest BCUT2D eigenvalue weighted by Gasteiger charge is 2.23. The van der Waals surface area contributed by atoms with Crippen LogP contribution in [-0.2, 0) is 14.8 Å². The fraction of sp³-hybridized carbons (Fsp3) is 0.240. The molecule has 0 saturated carbocycles. The standard InChI is InChI=1S/C25H25Cl2N3O5S/c1-34-24-5-3-2-4-23(24)29-10-12-30(13-11-29)25(31)17-35-21-6-8-22(9-7-21)36(32,33)28-20-15-18(26)14-19(27)16-20/h2-9,14-16,28H,10-13,17H2,1H3. The third-order valence-corrected chi connectivity index (χ3v) is 7.50. The molecule has 4 rings (SSSR count). The molecule has 0 atom stereocenters. The van der Waals surface area contributed by atoms with Crippen molar-refractivity contribution in [2.24, 2.45) is 0 Å². The van der Waals surface area contributed by atoms with Crippen LogP contribution in [0.4, 0.5) is 11.4 Å². The van der Waals surface area contributed by atoms with Crippen molar-refractivity contribution in [3.05, 3.63) is 76.8 Å². The maximum Gasteiger partial charge on any atom is 0.261 e. The van der Waals surface area contributed by atoms with E-state index < -0.39 is 10.0 Å². The average molecular weight is 550 g/mol. The zero-order chi connectivity index (χ0) is 25.7. The second kappa shape index (κ2) is 11.3. The molecule has 1 aliphatic heterocycles. The summed E-state index contributed by atoms with van der Waals surface area (Å²) in [7, 11) is -2.21. The Balaban J connectivity index is 1.29. The van der Waals surface area contributed by atoms with Gasteiger partial charge in [0.1, 0.15) is 11.5 Å². The van der Waals surface area contributed by atoms with E-state index in [1.165, 1.54) is 42.5 Å². The van der Waals surface area contributed by atoms with Crippen molar-refractivity contribution in [2.45, 2.75) is 4.90 Å². The molecule has 0 spiro atoms. The van der Waals surface area contributed by atoms with Crippen LogP contribution < -0.4 is 19.1 Å². The molecular weight excluding hydrogens is 525 g/mol. The zero-order valence-corrected chi connectivity index (χ0v) is 21.8. The van der Waals surface area contributed by atoms with Crippen molar-refractivity contribution in [3.8, 4) is 11.5 Å². The Morgan fingerprint density at radius 3 is 2.22 bits per heavy atom. The predicted octanol–water partition coefficient (Wildman–Crippen LogP) is 4.53. The summed E-state index contributed by atoms with van der Waals surface area (Å²) in [6.07, 6.45) is 0. The number of carbonyl (C=O) groups excluding carboxylic acids is 1. The summed E-state index contributed by atoms with van der Waals surface area (Å²) in [6.45, 7) is 2.36. The molecule has 1 fully saturated rings. The van der Waals surface area contributed by atoms with Gasteiger partial charge in [0.15, 0.2) is 6.61 Å². The van der Waals surface area contributed by atoms with Crippen LogP contribution in [0, 0.1) is 0 Å². The highest BCUT2D eigenvalue weighted by molar-refractivity contribution is 7.92. The van der Waals surface area contributed by atoms with Crippen molar-refractivity contribution in [2.75, 3.05) is 49.5 Å². The van der Waals surface area contributed by atoms with Gasteiger partial charge in [-0.15, -0.1) is 0 Å². The number of nitrogens with one attached hydrogen (secondary N) is 1. The zero-order valence-electron chi connectivity index (χ0n) is 19.5. The number of ether oxygens (including phenoxy) is 2.